The lowest BCUT2D eigenvalue weighted by molar-refractivity contribution is 0.0266. The van der Waals surface area contributed by atoms with Crippen molar-refractivity contribution in [2.24, 2.45) is 17.3 Å². The Hall–Kier alpha value is -0.730. The van der Waals surface area contributed by atoms with E-state index < -0.39 is 5.60 Å². The van der Waals surface area contributed by atoms with E-state index in [9.17, 15) is 4.79 Å². The Bertz CT molecular complexity index is 293. The summed E-state index contributed by atoms with van der Waals surface area (Å²) in [7, 11) is 0. The number of amides is 1. The molecule has 3 heteroatoms. The summed E-state index contributed by atoms with van der Waals surface area (Å²) < 4.78 is 5.43. The molecule has 2 atom stereocenters. The van der Waals surface area contributed by atoms with E-state index in [4.69, 9.17) is 4.74 Å². The van der Waals surface area contributed by atoms with E-state index in [-0.39, 0.29) is 11.5 Å². The molecule has 0 N–H and O–H groups in total. The van der Waals surface area contributed by atoms with Gasteiger partial charge in [0.25, 0.3) is 0 Å². The molecular weight excluding hydrogens is 214 g/mol. The Morgan fingerprint density at radius 3 is 2.29 bits per heavy atom. The molecule has 0 bridgehead atoms. The van der Waals surface area contributed by atoms with Gasteiger partial charge in [-0.3, -0.25) is 0 Å². The summed E-state index contributed by atoms with van der Waals surface area (Å²) >= 11 is 0. The van der Waals surface area contributed by atoms with E-state index in [1.165, 1.54) is 0 Å². The minimum Gasteiger partial charge on any atom is -0.444 e. The highest BCUT2D eigenvalue weighted by molar-refractivity contribution is 5.68. The average molecular weight is 241 g/mol. The monoisotopic (exact) mass is 241 g/mol. The number of hydrogen-bond donors (Lipinski definition) is 0. The van der Waals surface area contributed by atoms with E-state index in [1.54, 1.807) is 0 Å². The van der Waals surface area contributed by atoms with Gasteiger partial charge in [-0.1, -0.05) is 27.7 Å². The number of rotatable bonds is 1. The molecule has 3 nitrogen and oxygen atoms in total. The van der Waals surface area contributed by atoms with Crippen LogP contribution in [0.15, 0.2) is 0 Å². The van der Waals surface area contributed by atoms with Crippen LogP contribution in [0.4, 0.5) is 4.79 Å². The van der Waals surface area contributed by atoms with Gasteiger partial charge in [0.1, 0.15) is 5.60 Å². The summed E-state index contributed by atoms with van der Waals surface area (Å²) in [4.78, 5) is 13.9. The Morgan fingerprint density at radius 1 is 1.41 bits per heavy atom. The van der Waals surface area contributed by atoms with Crippen molar-refractivity contribution in [2.45, 2.75) is 54.1 Å². The van der Waals surface area contributed by atoms with Gasteiger partial charge in [-0.25, -0.2) is 4.79 Å². The third-order valence-corrected chi connectivity index (χ3v) is 4.12. The molecule has 0 radical (unpaired) electrons. The number of likely N-dealkylation sites (tertiary alicyclic amines) is 1. The third kappa shape index (κ3) is 3.14. The molecule has 0 aromatic heterocycles. The van der Waals surface area contributed by atoms with Crippen LogP contribution in [0.25, 0.3) is 0 Å². The molecule has 0 saturated carbocycles. The Balaban J connectivity index is 2.69. The Labute approximate surface area is 106 Å². The van der Waals surface area contributed by atoms with E-state index >= 15 is 0 Å². The molecule has 1 aliphatic heterocycles. The summed E-state index contributed by atoms with van der Waals surface area (Å²) in [6, 6.07) is 0. The first-order valence-electron chi connectivity index (χ1n) is 6.54. The fourth-order valence-corrected chi connectivity index (χ4v) is 2.39. The largest absolute Gasteiger partial charge is 0.444 e. The molecule has 1 rings (SSSR count). The van der Waals surface area contributed by atoms with Crippen LogP contribution in [0.2, 0.25) is 0 Å². The van der Waals surface area contributed by atoms with Gasteiger partial charge in [0, 0.05) is 13.1 Å². The number of carbonyl (C=O) groups is 1. The predicted octanol–water partition coefficient (Wildman–Crippen LogP) is 3.54. The number of hydrogen-bond acceptors (Lipinski definition) is 2. The van der Waals surface area contributed by atoms with Gasteiger partial charge in [-0.2, -0.15) is 0 Å². The van der Waals surface area contributed by atoms with Crippen molar-refractivity contribution < 1.29 is 9.53 Å². The van der Waals surface area contributed by atoms with E-state index in [0.29, 0.717) is 11.8 Å². The van der Waals surface area contributed by atoms with Crippen molar-refractivity contribution in [1.82, 2.24) is 4.90 Å². The van der Waals surface area contributed by atoms with Gasteiger partial charge in [0.05, 0.1) is 0 Å². The molecule has 1 amide bonds. The molecule has 1 aliphatic rings. The van der Waals surface area contributed by atoms with Crippen molar-refractivity contribution >= 4 is 6.09 Å². The smallest absolute Gasteiger partial charge is 0.410 e. The zero-order valence-electron chi connectivity index (χ0n) is 12.3. The van der Waals surface area contributed by atoms with Crippen LogP contribution >= 0.6 is 0 Å². The van der Waals surface area contributed by atoms with Crippen LogP contribution in [-0.2, 0) is 4.74 Å². The third-order valence-electron chi connectivity index (χ3n) is 4.12. The molecule has 17 heavy (non-hydrogen) atoms. The molecule has 1 fully saturated rings. The van der Waals surface area contributed by atoms with Gasteiger partial charge < -0.3 is 9.64 Å². The molecule has 0 aliphatic carbocycles. The summed E-state index contributed by atoms with van der Waals surface area (Å²) in [6.07, 6.45) is -0.172. The van der Waals surface area contributed by atoms with Gasteiger partial charge in [0.15, 0.2) is 0 Å². The highest BCUT2D eigenvalue weighted by atomic mass is 16.6. The normalized spacial score (nSPS) is 29.9. The van der Waals surface area contributed by atoms with Crippen LogP contribution in [0, 0.1) is 17.3 Å². The standard InChI is InChI=1S/C14H27NO2/c1-10(2)14(7)9-15(8-11(14)3)12(16)17-13(4,5)6/h10-11H,8-9H2,1-7H3/t11-,14+/m0/s1. The maximum absolute atomic E-state index is 12.0. The van der Waals surface area contributed by atoms with Gasteiger partial charge in [0.2, 0.25) is 0 Å². The van der Waals surface area contributed by atoms with Crippen molar-refractivity contribution in [1.29, 1.82) is 0 Å². The summed E-state index contributed by atoms with van der Waals surface area (Å²) in [5, 5.41) is 0. The van der Waals surface area contributed by atoms with E-state index in [0.717, 1.165) is 13.1 Å². The van der Waals surface area contributed by atoms with Gasteiger partial charge in [-0.05, 0) is 38.0 Å². The van der Waals surface area contributed by atoms with Crippen molar-refractivity contribution in [3.63, 3.8) is 0 Å². The molecule has 1 saturated heterocycles. The SMILES string of the molecule is CC(C)[C@@]1(C)CN(C(=O)OC(C)(C)C)C[C@@H]1C. The predicted molar refractivity (Wildman–Crippen MR) is 69.9 cm³/mol. The number of nitrogens with zero attached hydrogens (tertiary/aromatic N) is 1. The van der Waals surface area contributed by atoms with Crippen LogP contribution in [0.1, 0.15) is 48.5 Å². The fourth-order valence-electron chi connectivity index (χ4n) is 2.39. The second-order valence-electron chi connectivity index (χ2n) is 6.92. The zero-order valence-corrected chi connectivity index (χ0v) is 12.3. The lowest BCUT2D eigenvalue weighted by Gasteiger charge is -2.32. The summed E-state index contributed by atoms with van der Waals surface area (Å²) in [5.41, 5.74) is -0.200. The lowest BCUT2D eigenvalue weighted by atomic mass is 9.72. The van der Waals surface area contributed by atoms with Crippen LogP contribution in [0.5, 0.6) is 0 Å². The maximum atomic E-state index is 12.0. The summed E-state index contributed by atoms with van der Waals surface area (Å²) in [6.45, 7) is 16.3. The first-order valence-corrected chi connectivity index (χ1v) is 6.54. The molecule has 100 valence electrons. The minimum absolute atomic E-state index is 0.172. The van der Waals surface area contributed by atoms with Crippen LogP contribution < -0.4 is 0 Å². The maximum Gasteiger partial charge on any atom is 0.410 e. The lowest BCUT2D eigenvalue weighted by Crippen LogP contribution is -2.37. The second-order valence-corrected chi connectivity index (χ2v) is 6.92. The zero-order chi connectivity index (χ0) is 13.4. The van der Waals surface area contributed by atoms with E-state index in [2.05, 4.69) is 27.7 Å². The molecule has 0 unspecified atom stereocenters. The molecule has 0 aromatic carbocycles. The van der Waals surface area contributed by atoms with Gasteiger partial charge >= 0.3 is 6.09 Å². The van der Waals surface area contributed by atoms with Crippen LogP contribution in [0.3, 0.4) is 0 Å². The Kier molecular flexibility index (Phi) is 3.80. The first-order chi connectivity index (χ1) is 7.56. The highest BCUT2D eigenvalue weighted by Gasteiger charge is 2.45. The van der Waals surface area contributed by atoms with Crippen LogP contribution in [-0.4, -0.2) is 29.7 Å². The van der Waals surface area contributed by atoms with E-state index in [1.807, 2.05) is 25.7 Å². The topological polar surface area (TPSA) is 29.5 Å². The minimum atomic E-state index is -0.406. The number of ether oxygens (including phenoxy) is 1. The number of carbonyl (C=O) groups excluding carboxylic acids is 1. The van der Waals surface area contributed by atoms with Crippen molar-refractivity contribution in [3.8, 4) is 0 Å². The summed E-state index contributed by atoms with van der Waals surface area (Å²) in [5.74, 6) is 1.10. The Morgan fingerprint density at radius 2 is 1.94 bits per heavy atom. The highest BCUT2D eigenvalue weighted by Crippen LogP contribution is 2.42. The average Bonchev–Trinajstić information content (AvgIpc) is 2.42. The van der Waals surface area contributed by atoms with Crippen molar-refractivity contribution in [2.75, 3.05) is 13.1 Å². The first kappa shape index (κ1) is 14.3. The fraction of sp³-hybridized carbons (Fsp3) is 0.929. The second kappa shape index (κ2) is 4.51. The van der Waals surface area contributed by atoms with Gasteiger partial charge in [-0.15, -0.1) is 0 Å². The molecule has 0 aromatic rings. The quantitative estimate of drug-likeness (QED) is 0.703. The molecular formula is C14H27NO2. The molecule has 1 heterocycles. The molecule has 0 spiro atoms. The van der Waals surface area contributed by atoms with Crippen molar-refractivity contribution in [3.05, 3.63) is 0 Å².